The number of rotatable bonds is 9. The number of aryl methyl sites for hydroxylation is 2. The van der Waals surface area contributed by atoms with Crippen LogP contribution in [0.2, 0.25) is 0 Å². The van der Waals surface area contributed by atoms with Crippen LogP contribution >= 0.6 is 0 Å². The molecule has 9 rings (SSSR count). The summed E-state index contributed by atoms with van der Waals surface area (Å²) in [6.45, 7) is 35.5. The highest BCUT2D eigenvalue weighted by Crippen LogP contribution is 2.57. The summed E-state index contributed by atoms with van der Waals surface area (Å²) in [5.41, 5.74) is 20.0. The molecule has 0 spiro atoms. The average molecular weight is 974 g/mol. The maximum absolute atomic E-state index is 2.44. The van der Waals surface area contributed by atoms with Gasteiger partial charge in [-0.3, -0.25) is 0 Å². The summed E-state index contributed by atoms with van der Waals surface area (Å²) < 4.78 is 0. The first-order valence-corrected chi connectivity index (χ1v) is 27.8. The van der Waals surface area contributed by atoms with Crippen LogP contribution < -0.4 is 0 Å². The number of fused-ring (bicyclic) bond motifs is 3. The van der Waals surface area contributed by atoms with Crippen molar-refractivity contribution < 1.29 is 0 Å². The lowest BCUT2D eigenvalue weighted by molar-refractivity contribution is 0.754. The molecule has 8 aromatic rings. The fourth-order valence-corrected chi connectivity index (χ4v) is 9.04. The van der Waals surface area contributed by atoms with Gasteiger partial charge in [-0.25, -0.2) is 0 Å². The third kappa shape index (κ3) is 16.0. The van der Waals surface area contributed by atoms with Crippen molar-refractivity contribution in [2.45, 2.75) is 156 Å². The number of unbranched alkanes of at least 4 members (excludes halogenated alkanes) is 1. The Morgan fingerprint density at radius 2 is 0.753 bits per heavy atom. The maximum Gasteiger partial charge on any atom is 0.0718 e. The van der Waals surface area contributed by atoms with Crippen LogP contribution in [0.4, 0.5) is 0 Å². The van der Waals surface area contributed by atoms with Gasteiger partial charge < -0.3 is 0 Å². The second-order valence-corrected chi connectivity index (χ2v) is 16.7. The molecule has 0 aromatic heterocycles. The molecule has 1 atom stereocenters. The van der Waals surface area contributed by atoms with E-state index in [9.17, 15) is 0 Å². The van der Waals surface area contributed by atoms with Crippen molar-refractivity contribution in [2.75, 3.05) is 0 Å². The van der Waals surface area contributed by atoms with Crippen molar-refractivity contribution in [3.05, 3.63) is 256 Å². The maximum atomic E-state index is 2.44. The quantitative estimate of drug-likeness (QED) is 0.135. The Labute approximate surface area is 448 Å². The number of hydrogen-bond donors (Lipinski definition) is 0. The Balaban J connectivity index is 0.00000133. The molecular weight excluding hydrogens is 877 g/mol. The van der Waals surface area contributed by atoms with Crippen LogP contribution in [0.5, 0.6) is 0 Å². The van der Waals surface area contributed by atoms with Gasteiger partial charge in [0.2, 0.25) is 0 Å². The van der Waals surface area contributed by atoms with Crippen LogP contribution in [-0.4, -0.2) is 0 Å². The Morgan fingerprint density at radius 1 is 0.384 bits per heavy atom. The topological polar surface area (TPSA) is 0 Å². The molecule has 1 aliphatic carbocycles. The van der Waals surface area contributed by atoms with Crippen LogP contribution in [0.15, 0.2) is 206 Å². The van der Waals surface area contributed by atoms with E-state index in [4.69, 9.17) is 0 Å². The summed E-state index contributed by atoms with van der Waals surface area (Å²) in [5, 5.41) is 0. The van der Waals surface area contributed by atoms with Crippen molar-refractivity contribution in [1.29, 1.82) is 0 Å². The predicted molar refractivity (Wildman–Crippen MR) is 332 cm³/mol. The molecule has 73 heavy (non-hydrogen) atoms. The highest BCUT2D eigenvalue weighted by molar-refractivity contribution is 5.88. The van der Waals surface area contributed by atoms with Gasteiger partial charge in [0.25, 0.3) is 0 Å². The summed E-state index contributed by atoms with van der Waals surface area (Å²) in [6.07, 6.45) is 6.33. The largest absolute Gasteiger partial charge is 0.0776 e. The molecule has 0 aliphatic heterocycles. The van der Waals surface area contributed by atoms with Gasteiger partial charge in [-0.1, -0.05) is 325 Å². The van der Waals surface area contributed by atoms with Crippen LogP contribution in [0, 0.1) is 13.8 Å². The first-order chi connectivity index (χ1) is 35.3. The lowest BCUT2D eigenvalue weighted by Gasteiger charge is -2.36. The van der Waals surface area contributed by atoms with E-state index in [2.05, 4.69) is 255 Å². The number of hydrogen-bond acceptors (Lipinski definition) is 0. The first kappa shape index (κ1) is 64.5. The minimum absolute atomic E-state index is 0. The zero-order valence-corrected chi connectivity index (χ0v) is 47.8. The van der Waals surface area contributed by atoms with Crippen molar-refractivity contribution in [3.63, 3.8) is 0 Å². The zero-order chi connectivity index (χ0) is 53.5. The Morgan fingerprint density at radius 3 is 1.21 bits per heavy atom. The van der Waals surface area contributed by atoms with Crippen molar-refractivity contribution in [2.24, 2.45) is 0 Å². The minimum atomic E-state index is -0.420. The molecule has 0 nitrogen and oxygen atoms in total. The number of allylic oxidation sites excluding steroid dienone is 1. The van der Waals surface area contributed by atoms with Gasteiger partial charge in [0, 0.05) is 0 Å². The first-order valence-electron chi connectivity index (χ1n) is 27.8. The van der Waals surface area contributed by atoms with Crippen LogP contribution in [-0.2, 0) is 5.41 Å². The molecule has 0 amide bonds. The third-order valence-electron chi connectivity index (χ3n) is 12.2. The third-order valence-corrected chi connectivity index (χ3v) is 12.2. The molecule has 0 radical (unpaired) electrons. The number of benzene rings is 8. The fraction of sp³-hybridized carbons (Fsp3) is 0.315. The lowest BCUT2D eigenvalue weighted by Crippen LogP contribution is -2.30. The molecule has 0 fully saturated rings. The van der Waals surface area contributed by atoms with Crippen LogP contribution in [0.1, 0.15) is 187 Å². The SMILES string of the molecule is C.CC.CC.CC.CC.CC.CCC.CCCC.Cc1ccccc1C1(c2ccc(-c3cccc(/C(=C\C(C)c4ccccc4)c4cccc(-c5ccccc5)c4)c3)cc2C)c2ccccc2-c2ccccc21. The second-order valence-electron chi connectivity index (χ2n) is 16.7. The molecule has 0 heterocycles. The molecule has 0 saturated heterocycles. The van der Waals surface area contributed by atoms with Crippen molar-refractivity contribution in [1.82, 2.24) is 0 Å². The molecule has 0 heteroatoms. The van der Waals surface area contributed by atoms with E-state index in [0.29, 0.717) is 0 Å². The highest BCUT2D eigenvalue weighted by Gasteiger charge is 2.47. The predicted octanol–water partition coefficient (Wildman–Crippen LogP) is 23.2. The normalized spacial score (nSPS) is 11.3. The Kier molecular flexibility index (Phi) is 31.5. The molecule has 1 aliphatic rings. The summed E-state index contributed by atoms with van der Waals surface area (Å²) in [5.74, 6) is 0.233. The summed E-state index contributed by atoms with van der Waals surface area (Å²) in [6, 6.07) is 73.7. The highest BCUT2D eigenvalue weighted by atomic mass is 14.5. The van der Waals surface area contributed by atoms with Gasteiger partial charge in [0.05, 0.1) is 5.41 Å². The van der Waals surface area contributed by atoms with E-state index < -0.39 is 5.41 Å². The molecular formula is C73H96. The van der Waals surface area contributed by atoms with E-state index in [-0.39, 0.29) is 13.3 Å². The van der Waals surface area contributed by atoms with E-state index in [1.807, 2.05) is 69.2 Å². The van der Waals surface area contributed by atoms with Crippen LogP contribution in [0.25, 0.3) is 39.0 Å². The van der Waals surface area contributed by atoms with Gasteiger partial charge in [0.15, 0.2) is 0 Å². The summed E-state index contributed by atoms with van der Waals surface area (Å²) >= 11 is 0. The summed E-state index contributed by atoms with van der Waals surface area (Å²) in [7, 11) is 0. The van der Waals surface area contributed by atoms with Gasteiger partial charge in [-0.15, -0.1) is 0 Å². The lowest BCUT2D eigenvalue weighted by atomic mass is 9.65. The van der Waals surface area contributed by atoms with Gasteiger partial charge in [-0.2, -0.15) is 0 Å². The van der Waals surface area contributed by atoms with E-state index in [0.717, 1.165) is 0 Å². The molecule has 0 saturated carbocycles. The second kappa shape index (κ2) is 35.6. The molecule has 1 unspecified atom stereocenters. The van der Waals surface area contributed by atoms with Crippen molar-refractivity contribution in [3.8, 4) is 33.4 Å². The average Bonchev–Trinajstić information content (AvgIpc) is 3.76. The van der Waals surface area contributed by atoms with E-state index in [1.54, 1.807) is 0 Å². The van der Waals surface area contributed by atoms with Gasteiger partial charge in [-0.05, 0) is 121 Å². The molecule has 0 bridgehead atoms. The fourth-order valence-electron chi connectivity index (χ4n) is 9.04. The van der Waals surface area contributed by atoms with Crippen LogP contribution in [0.3, 0.4) is 0 Å². The monoisotopic (exact) mass is 973 g/mol. The van der Waals surface area contributed by atoms with Gasteiger partial charge >= 0.3 is 0 Å². The van der Waals surface area contributed by atoms with E-state index in [1.165, 1.54) is 108 Å². The van der Waals surface area contributed by atoms with Crippen molar-refractivity contribution >= 4 is 5.57 Å². The zero-order valence-electron chi connectivity index (χ0n) is 47.8. The van der Waals surface area contributed by atoms with E-state index >= 15 is 0 Å². The van der Waals surface area contributed by atoms with Gasteiger partial charge in [0.1, 0.15) is 0 Å². The summed E-state index contributed by atoms with van der Waals surface area (Å²) in [4.78, 5) is 0. The Hall–Kier alpha value is -6.50. The molecule has 388 valence electrons. The molecule has 8 aromatic carbocycles. The Bertz CT molecular complexity index is 2680. The standard InChI is InChI=1S/C55H44.C4H10.C3H8.5C2H6.CH4/c1-38-18-10-13-29-51(38)55(53-30-14-11-27-48(53)49-28-12-15-31-54(49)55)52-33-32-45(34-40(52)3)44-24-17-26-47(37-44)50(35-39(2)41-19-6-4-7-20-41)46-25-16-23-43(36-46)42-21-8-5-9-22-42;1-3-4-2;1-3-2;5*1-2;/h4-37,39H,1-3H3;3-4H2,1-2H3;3H2,1-2H3;5*1-2H3;1H4/b50-35-;;;;;;;;. The minimum Gasteiger partial charge on any atom is -0.0776 e. The smallest absolute Gasteiger partial charge is 0.0718 e. The molecule has 0 N–H and O–H groups in total.